The molecule has 1 aliphatic rings. The van der Waals surface area contributed by atoms with E-state index < -0.39 is 0 Å². The quantitative estimate of drug-likeness (QED) is 0.633. The number of rotatable bonds is 4. The van der Waals surface area contributed by atoms with Crippen molar-refractivity contribution >= 4 is 21.6 Å². The molecule has 0 bridgehead atoms. The molecule has 3 aromatic rings. The Hall–Kier alpha value is -2.18. The average Bonchev–Trinajstić information content (AvgIpc) is 2.98. The maximum atomic E-state index is 4.75. The predicted octanol–water partition coefficient (Wildman–Crippen LogP) is 3.97. The van der Waals surface area contributed by atoms with Crippen LogP contribution < -0.4 is 4.90 Å². The molecule has 0 N–H and O–H groups in total. The summed E-state index contributed by atoms with van der Waals surface area (Å²) in [7, 11) is 0. The maximum absolute atomic E-state index is 4.75. The van der Waals surface area contributed by atoms with E-state index in [0.29, 0.717) is 0 Å². The van der Waals surface area contributed by atoms with E-state index in [1.54, 1.807) is 0 Å². The fourth-order valence-corrected chi connectivity index (χ4v) is 4.26. The van der Waals surface area contributed by atoms with Crippen molar-refractivity contribution < 1.29 is 0 Å². The Morgan fingerprint density at radius 1 is 1.00 bits per heavy atom. The van der Waals surface area contributed by atoms with Gasteiger partial charge < -0.3 is 4.90 Å². The summed E-state index contributed by atoms with van der Waals surface area (Å²) < 4.78 is 3.10. The number of pyridine rings is 1. The van der Waals surface area contributed by atoms with E-state index in [1.165, 1.54) is 11.3 Å². The normalized spacial score (nSPS) is 15.3. The summed E-state index contributed by atoms with van der Waals surface area (Å²) in [5.41, 5.74) is 4.83. The highest BCUT2D eigenvalue weighted by molar-refractivity contribution is 9.10. The van der Waals surface area contributed by atoms with Gasteiger partial charge in [-0.25, -0.2) is 9.67 Å². The largest absolute Gasteiger partial charge is 0.366 e. The molecule has 0 unspecified atom stereocenters. The number of hydrogen-bond acceptors (Lipinski definition) is 4. The van der Waals surface area contributed by atoms with E-state index in [2.05, 4.69) is 68.8 Å². The maximum Gasteiger partial charge on any atom is 0.153 e. The minimum absolute atomic E-state index is 0.873. The average molecular weight is 426 g/mol. The van der Waals surface area contributed by atoms with Gasteiger partial charge >= 0.3 is 0 Å². The predicted molar refractivity (Wildman–Crippen MR) is 112 cm³/mol. The summed E-state index contributed by atoms with van der Waals surface area (Å²) in [6, 6.07) is 14.5. The molecule has 1 saturated heterocycles. The molecule has 1 aliphatic heterocycles. The second kappa shape index (κ2) is 7.82. The van der Waals surface area contributed by atoms with Crippen molar-refractivity contribution in [2.24, 2.45) is 0 Å². The van der Waals surface area contributed by atoms with Gasteiger partial charge in [-0.1, -0.05) is 34.1 Å². The van der Waals surface area contributed by atoms with Crippen molar-refractivity contribution in [3.63, 3.8) is 0 Å². The zero-order valence-corrected chi connectivity index (χ0v) is 17.4. The minimum Gasteiger partial charge on any atom is -0.366 e. The summed E-state index contributed by atoms with van der Waals surface area (Å²) in [6.07, 6.45) is 1.81. The fourth-order valence-electron chi connectivity index (χ4n) is 3.82. The van der Waals surface area contributed by atoms with Crippen LogP contribution in [0.3, 0.4) is 0 Å². The number of halogens is 1. The van der Waals surface area contributed by atoms with Crippen molar-refractivity contribution in [3.8, 4) is 5.82 Å². The molecule has 0 spiro atoms. The number of aromatic nitrogens is 3. The van der Waals surface area contributed by atoms with Crippen molar-refractivity contribution in [2.75, 3.05) is 31.1 Å². The highest BCUT2D eigenvalue weighted by Gasteiger charge is 2.23. The Bertz CT molecular complexity index is 914. The van der Waals surface area contributed by atoms with Crippen LogP contribution in [0.5, 0.6) is 0 Å². The Morgan fingerprint density at radius 2 is 1.81 bits per heavy atom. The van der Waals surface area contributed by atoms with Crippen LogP contribution in [0.15, 0.2) is 53.1 Å². The number of nitrogens with zero attached hydrogens (tertiary/aromatic N) is 5. The van der Waals surface area contributed by atoms with Crippen LogP contribution in [-0.2, 0) is 6.54 Å². The van der Waals surface area contributed by atoms with Gasteiger partial charge in [0, 0.05) is 43.4 Å². The van der Waals surface area contributed by atoms with E-state index in [0.717, 1.165) is 54.4 Å². The first-order chi connectivity index (χ1) is 13.1. The van der Waals surface area contributed by atoms with Crippen LogP contribution in [0.4, 0.5) is 5.69 Å². The van der Waals surface area contributed by atoms with E-state index in [4.69, 9.17) is 5.10 Å². The van der Waals surface area contributed by atoms with E-state index in [1.807, 2.05) is 29.1 Å². The zero-order valence-electron chi connectivity index (χ0n) is 15.8. The SMILES string of the molecule is Cc1nn(-c2ccccn2)c(C)c1N1CCN(Cc2cccc(Br)c2)CC1. The van der Waals surface area contributed by atoms with Gasteiger partial charge in [0.05, 0.1) is 17.1 Å². The molecule has 0 radical (unpaired) electrons. The molecule has 3 heterocycles. The number of hydrogen-bond donors (Lipinski definition) is 0. The third kappa shape index (κ3) is 3.92. The Labute approximate surface area is 168 Å². The smallest absolute Gasteiger partial charge is 0.153 e. The Balaban J connectivity index is 1.46. The number of piperazine rings is 1. The molecule has 0 saturated carbocycles. The summed E-state index contributed by atoms with van der Waals surface area (Å²) in [6.45, 7) is 9.37. The van der Waals surface area contributed by atoms with Gasteiger partial charge in [0.1, 0.15) is 0 Å². The molecule has 1 fully saturated rings. The molecule has 140 valence electrons. The van der Waals surface area contributed by atoms with Gasteiger partial charge in [0.25, 0.3) is 0 Å². The Kier molecular flexibility index (Phi) is 5.27. The lowest BCUT2D eigenvalue weighted by Gasteiger charge is -2.36. The summed E-state index contributed by atoms with van der Waals surface area (Å²) in [5, 5.41) is 4.75. The van der Waals surface area contributed by atoms with Crippen molar-refractivity contribution in [1.29, 1.82) is 0 Å². The standard InChI is InChI=1S/C21H24BrN5/c1-16-21(17(2)27(24-16)20-8-3-4-9-23-20)26-12-10-25(11-13-26)15-18-6-5-7-19(22)14-18/h3-9,14H,10-13,15H2,1-2H3. The summed E-state index contributed by atoms with van der Waals surface area (Å²) in [5.74, 6) is 0.873. The van der Waals surface area contributed by atoms with E-state index in [9.17, 15) is 0 Å². The van der Waals surface area contributed by atoms with Gasteiger partial charge in [-0.3, -0.25) is 4.90 Å². The van der Waals surface area contributed by atoms with Crippen LogP contribution in [0.25, 0.3) is 5.82 Å². The van der Waals surface area contributed by atoms with Crippen molar-refractivity contribution in [2.45, 2.75) is 20.4 Å². The number of anilines is 1. The minimum atomic E-state index is 0.873. The molecule has 5 nitrogen and oxygen atoms in total. The first-order valence-corrected chi connectivity index (χ1v) is 10.1. The third-order valence-corrected chi connectivity index (χ3v) is 5.60. The molecule has 0 atom stereocenters. The van der Waals surface area contributed by atoms with Gasteiger partial charge in [0.15, 0.2) is 5.82 Å². The Morgan fingerprint density at radius 3 is 2.52 bits per heavy atom. The van der Waals surface area contributed by atoms with Gasteiger partial charge in [-0.2, -0.15) is 5.10 Å². The molecule has 0 aliphatic carbocycles. The van der Waals surface area contributed by atoms with Gasteiger partial charge in [-0.05, 0) is 43.7 Å². The lowest BCUT2D eigenvalue weighted by Crippen LogP contribution is -2.46. The van der Waals surface area contributed by atoms with Crippen LogP contribution in [0.2, 0.25) is 0 Å². The van der Waals surface area contributed by atoms with Gasteiger partial charge in [0.2, 0.25) is 0 Å². The van der Waals surface area contributed by atoms with Crippen LogP contribution >= 0.6 is 15.9 Å². The van der Waals surface area contributed by atoms with Crippen LogP contribution in [0.1, 0.15) is 17.0 Å². The second-order valence-corrected chi connectivity index (χ2v) is 7.93. The van der Waals surface area contributed by atoms with E-state index in [-0.39, 0.29) is 0 Å². The zero-order chi connectivity index (χ0) is 18.8. The van der Waals surface area contributed by atoms with Gasteiger partial charge in [-0.15, -0.1) is 0 Å². The lowest BCUT2D eigenvalue weighted by molar-refractivity contribution is 0.249. The fraction of sp³-hybridized carbons (Fsp3) is 0.333. The molecule has 2 aromatic heterocycles. The molecule has 6 heteroatoms. The molecule has 27 heavy (non-hydrogen) atoms. The molecule has 1 aromatic carbocycles. The van der Waals surface area contributed by atoms with Crippen molar-refractivity contribution in [3.05, 3.63) is 70.1 Å². The molecular formula is C21H24BrN5. The second-order valence-electron chi connectivity index (χ2n) is 7.01. The monoisotopic (exact) mass is 425 g/mol. The molecule has 4 rings (SSSR count). The number of aryl methyl sites for hydroxylation is 1. The highest BCUT2D eigenvalue weighted by atomic mass is 79.9. The summed E-state index contributed by atoms with van der Waals surface area (Å²) in [4.78, 5) is 9.43. The first kappa shape index (κ1) is 18.2. The van der Waals surface area contributed by atoms with Crippen LogP contribution in [0, 0.1) is 13.8 Å². The lowest BCUT2D eigenvalue weighted by atomic mass is 10.2. The summed E-state index contributed by atoms with van der Waals surface area (Å²) >= 11 is 3.56. The van der Waals surface area contributed by atoms with Crippen LogP contribution in [-0.4, -0.2) is 45.8 Å². The molecule has 0 amide bonds. The van der Waals surface area contributed by atoms with E-state index >= 15 is 0 Å². The molecular weight excluding hydrogens is 402 g/mol. The third-order valence-electron chi connectivity index (χ3n) is 5.10. The highest BCUT2D eigenvalue weighted by Crippen LogP contribution is 2.27. The topological polar surface area (TPSA) is 37.2 Å². The van der Waals surface area contributed by atoms with Crippen molar-refractivity contribution in [1.82, 2.24) is 19.7 Å². The first-order valence-electron chi connectivity index (χ1n) is 9.31. The number of benzene rings is 1.